The van der Waals surface area contributed by atoms with E-state index < -0.39 is 36.2 Å². The van der Waals surface area contributed by atoms with Gasteiger partial charge in [-0.3, -0.25) is 9.69 Å². The highest BCUT2D eigenvalue weighted by atomic mass is 35.5. The van der Waals surface area contributed by atoms with Crippen LogP contribution in [0.2, 0.25) is 5.02 Å². The van der Waals surface area contributed by atoms with Crippen LogP contribution in [0.5, 0.6) is 0 Å². The van der Waals surface area contributed by atoms with E-state index in [1.807, 2.05) is 0 Å². The number of hydrogen-bond donors (Lipinski definition) is 2. The highest BCUT2D eigenvalue weighted by Crippen LogP contribution is 2.30. The fourth-order valence-electron chi connectivity index (χ4n) is 2.56. The Morgan fingerprint density at radius 3 is 2.38 bits per heavy atom. The molecule has 2 rings (SSSR count). The zero-order valence-corrected chi connectivity index (χ0v) is 15.0. The smallest absolute Gasteiger partial charge is 0.349 e. The van der Waals surface area contributed by atoms with Crippen LogP contribution in [0.4, 0.5) is 22.0 Å². The van der Waals surface area contributed by atoms with Gasteiger partial charge < -0.3 is 10.6 Å². The van der Waals surface area contributed by atoms with E-state index in [4.69, 9.17) is 11.6 Å². The molecular formula is C15H18Cl2F5N3O. The van der Waals surface area contributed by atoms with Gasteiger partial charge in [-0.1, -0.05) is 23.7 Å². The number of nitrogens with one attached hydrogen (secondary N) is 2. The number of piperazine rings is 1. The summed E-state index contributed by atoms with van der Waals surface area (Å²) in [5, 5.41) is 4.64. The maximum absolute atomic E-state index is 14.1. The average molecular weight is 422 g/mol. The quantitative estimate of drug-likeness (QED) is 0.718. The van der Waals surface area contributed by atoms with Crippen LogP contribution >= 0.6 is 24.0 Å². The molecule has 4 nitrogen and oxygen atoms in total. The highest BCUT2D eigenvalue weighted by molar-refractivity contribution is 6.30. The number of benzene rings is 1. The van der Waals surface area contributed by atoms with Crippen molar-refractivity contribution in [2.75, 3.05) is 32.7 Å². The second-order valence-electron chi connectivity index (χ2n) is 5.64. The minimum Gasteiger partial charge on any atom is -0.349 e. The third-order valence-electron chi connectivity index (χ3n) is 3.90. The largest absolute Gasteiger partial charge is 0.405 e. The Hall–Kier alpha value is -1.16. The Bertz CT molecular complexity index is 609. The van der Waals surface area contributed by atoms with Gasteiger partial charge in [-0.25, -0.2) is 0 Å². The fraction of sp³-hybridized carbons (Fsp3) is 0.533. The normalized spacial score (nSPS) is 17.3. The molecule has 26 heavy (non-hydrogen) atoms. The van der Waals surface area contributed by atoms with Crippen LogP contribution in [0.3, 0.4) is 0 Å². The summed E-state index contributed by atoms with van der Waals surface area (Å²) in [4.78, 5) is 12.9. The number of alkyl halides is 5. The van der Waals surface area contributed by atoms with Crippen molar-refractivity contribution >= 4 is 29.9 Å². The topological polar surface area (TPSA) is 44.4 Å². The number of halogens is 7. The van der Waals surface area contributed by atoms with E-state index in [0.717, 1.165) is 17.0 Å². The molecule has 1 aromatic carbocycles. The highest BCUT2D eigenvalue weighted by Gasteiger charge is 2.46. The lowest BCUT2D eigenvalue weighted by atomic mass is 10.1. The van der Waals surface area contributed by atoms with Crippen LogP contribution in [0.1, 0.15) is 5.56 Å². The Balaban J connectivity index is 0.00000338. The van der Waals surface area contributed by atoms with Gasteiger partial charge in [-0.15, -0.1) is 12.4 Å². The molecule has 148 valence electrons. The van der Waals surface area contributed by atoms with Gasteiger partial charge in [-0.2, -0.15) is 22.0 Å². The van der Waals surface area contributed by atoms with Crippen LogP contribution in [-0.4, -0.2) is 55.7 Å². The second kappa shape index (κ2) is 9.16. The van der Waals surface area contributed by atoms with Crippen LogP contribution in [-0.2, 0) is 10.7 Å². The summed E-state index contributed by atoms with van der Waals surface area (Å²) in [6.45, 7) is 0.00631. The monoisotopic (exact) mass is 421 g/mol. The summed E-state index contributed by atoms with van der Waals surface area (Å²) in [6, 6.07) is 2.46. The van der Waals surface area contributed by atoms with Crippen LogP contribution in [0.25, 0.3) is 0 Å². The minimum absolute atomic E-state index is 0. The first-order valence-electron chi connectivity index (χ1n) is 7.56. The molecule has 11 heteroatoms. The average Bonchev–Trinajstić information content (AvgIpc) is 2.54. The standard InChI is InChI=1S/C15H17ClF5N3O.ClH/c16-11-3-1-2-10(8-11)14(17,18)13(25)23-9-12(15(19,20)21)24-6-4-22-5-7-24;/h1-3,8,12,22H,4-7,9H2,(H,23,25);1H. The summed E-state index contributed by atoms with van der Waals surface area (Å²) in [7, 11) is 0. The van der Waals surface area contributed by atoms with Gasteiger partial charge in [0.1, 0.15) is 6.04 Å². The predicted molar refractivity (Wildman–Crippen MR) is 89.9 cm³/mol. The van der Waals surface area contributed by atoms with E-state index in [1.165, 1.54) is 12.1 Å². The molecule has 2 N–H and O–H groups in total. The van der Waals surface area contributed by atoms with Gasteiger partial charge in [0.25, 0.3) is 5.91 Å². The second-order valence-corrected chi connectivity index (χ2v) is 6.07. The van der Waals surface area contributed by atoms with E-state index >= 15 is 0 Å². The first-order valence-corrected chi connectivity index (χ1v) is 7.94. The summed E-state index contributed by atoms with van der Waals surface area (Å²) < 4.78 is 67.9. The van der Waals surface area contributed by atoms with Crippen molar-refractivity contribution in [3.8, 4) is 0 Å². The van der Waals surface area contributed by atoms with Crippen molar-refractivity contribution in [2.45, 2.75) is 18.1 Å². The molecule has 0 aliphatic carbocycles. The van der Waals surface area contributed by atoms with Crippen LogP contribution in [0, 0.1) is 0 Å². The lowest BCUT2D eigenvalue weighted by molar-refractivity contribution is -0.185. The van der Waals surface area contributed by atoms with Crippen LogP contribution in [0.15, 0.2) is 24.3 Å². The maximum Gasteiger partial charge on any atom is 0.405 e. The molecule has 1 aliphatic rings. The lowest BCUT2D eigenvalue weighted by Crippen LogP contribution is -2.58. The van der Waals surface area contributed by atoms with Crippen molar-refractivity contribution < 1.29 is 26.7 Å². The van der Waals surface area contributed by atoms with Crippen molar-refractivity contribution in [1.82, 2.24) is 15.5 Å². The zero-order chi connectivity index (χ0) is 18.7. The summed E-state index contributed by atoms with van der Waals surface area (Å²) >= 11 is 5.62. The fourth-order valence-corrected chi connectivity index (χ4v) is 2.75. The SMILES string of the molecule is Cl.O=C(NCC(N1CCNCC1)C(F)(F)F)C(F)(F)c1cccc(Cl)c1. The van der Waals surface area contributed by atoms with Crippen molar-refractivity contribution in [1.29, 1.82) is 0 Å². The number of amides is 1. The lowest BCUT2D eigenvalue weighted by Gasteiger charge is -2.36. The molecule has 0 aromatic heterocycles. The van der Waals surface area contributed by atoms with Gasteiger partial charge in [0.15, 0.2) is 0 Å². The van der Waals surface area contributed by atoms with E-state index in [1.54, 1.807) is 5.32 Å². The molecule has 1 aromatic rings. The molecule has 1 unspecified atom stereocenters. The molecule has 1 aliphatic heterocycles. The van der Waals surface area contributed by atoms with Gasteiger partial charge in [0.05, 0.1) is 0 Å². The Kier molecular flexibility index (Phi) is 8.06. The summed E-state index contributed by atoms with van der Waals surface area (Å²) in [5.74, 6) is -5.77. The number of rotatable bonds is 5. The molecule has 1 heterocycles. The Morgan fingerprint density at radius 2 is 1.85 bits per heavy atom. The molecule has 1 amide bonds. The van der Waals surface area contributed by atoms with Crippen molar-refractivity contribution in [2.24, 2.45) is 0 Å². The number of carbonyl (C=O) groups excluding carboxylic acids is 1. The Morgan fingerprint density at radius 1 is 1.23 bits per heavy atom. The third-order valence-corrected chi connectivity index (χ3v) is 4.13. The predicted octanol–water partition coefficient (Wildman–Crippen LogP) is 2.81. The van der Waals surface area contributed by atoms with Crippen molar-refractivity contribution in [3.05, 3.63) is 34.9 Å². The van der Waals surface area contributed by atoms with Gasteiger partial charge in [-0.05, 0) is 12.1 Å². The molecule has 0 radical (unpaired) electrons. The number of nitrogens with zero attached hydrogens (tertiary/aromatic N) is 1. The van der Waals surface area contributed by atoms with Gasteiger partial charge >= 0.3 is 12.1 Å². The molecule has 1 fully saturated rings. The van der Waals surface area contributed by atoms with Crippen LogP contribution < -0.4 is 10.6 Å². The van der Waals surface area contributed by atoms with E-state index in [2.05, 4.69) is 5.32 Å². The van der Waals surface area contributed by atoms with Crippen molar-refractivity contribution in [3.63, 3.8) is 0 Å². The summed E-state index contributed by atoms with van der Waals surface area (Å²) in [6.07, 6.45) is -4.64. The molecular weight excluding hydrogens is 404 g/mol. The van der Waals surface area contributed by atoms with Gasteiger partial charge in [0.2, 0.25) is 0 Å². The summed E-state index contributed by atoms with van der Waals surface area (Å²) in [5.41, 5.74) is -0.678. The third kappa shape index (κ3) is 5.67. The molecule has 1 saturated heterocycles. The maximum atomic E-state index is 14.1. The van der Waals surface area contributed by atoms with E-state index in [0.29, 0.717) is 13.1 Å². The molecule has 0 spiro atoms. The molecule has 1 atom stereocenters. The number of carbonyl (C=O) groups is 1. The molecule has 0 bridgehead atoms. The minimum atomic E-state index is -4.64. The zero-order valence-electron chi connectivity index (χ0n) is 13.5. The Labute approximate surface area is 158 Å². The first-order chi connectivity index (χ1) is 11.6. The van der Waals surface area contributed by atoms with E-state index in [9.17, 15) is 26.7 Å². The molecule has 0 saturated carbocycles. The van der Waals surface area contributed by atoms with E-state index in [-0.39, 0.29) is 30.5 Å². The first kappa shape index (κ1) is 22.9. The number of hydrogen-bond acceptors (Lipinski definition) is 3. The van der Waals surface area contributed by atoms with Gasteiger partial charge in [0, 0.05) is 43.3 Å².